The third-order valence-electron chi connectivity index (χ3n) is 4.63. The molecule has 1 amide bonds. The van der Waals surface area contributed by atoms with E-state index in [0.29, 0.717) is 11.0 Å². The van der Waals surface area contributed by atoms with Gasteiger partial charge in [0, 0.05) is 26.2 Å². The lowest BCUT2D eigenvalue weighted by molar-refractivity contribution is -0.128. The van der Waals surface area contributed by atoms with Crippen molar-refractivity contribution in [2.75, 3.05) is 36.8 Å². The van der Waals surface area contributed by atoms with Crippen LogP contribution in [0.1, 0.15) is 11.4 Å². The van der Waals surface area contributed by atoms with Gasteiger partial charge in [0.05, 0.1) is 22.8 Å². The maximum absolute atomic E-state index is 12.5. The van der Waals surface area contributed by atoms with E-state index in [1.54, 1.807) is 0 Å². The molecule has 0 bridgehead atoms. The number of rotatable bonds is 4. The van der Waals surface area contributed by atoms with Crippen LogP contribution in [0.4, 0.5) is 5.69 Å². The summed E-state index contributed by atoms with van der Waals surface area (Å²) >= 11 is 1.35. The molecule has 4 rings (SSSR count). The number of aromatic nitrogens is 3. The number of hydrogen-bond donors (Lipinski definition) is 1. The van der Waals surface area contributed by atoms with Gasteiger partial charge in [-0.3, -0.25) is 9.89 Å². The molecule has 0 unspecified atom stereocenters. The molecule has 2 aromatic heterocycles. The van der Waals surface area contributed by atoms with Crippen LogP contribution >= 0.6 is 11.8 Å². The number of amides is 1. The second-order valence-corrected chi connectivity index (χ2v) is 7.31. The molecule has 26 heavy (non-hydrogen) atoms. The van der Waals surface area contributed by atoms with Crippen molar-refractivity contribution in [3.05, 3.63) is 35.7 Å². The van der Waals surface area contributed by atoms with E-state index in [9.17, 15) is 4.79 Å². The van der Waals surface area contributed by atoms with Crippen molar-refractivity contribution in [2.45, 2.75) is 19.1 Å². The van der Waals surface area contributed by atoms with Crippen LogP contribution in [0, 0.1) is 13.8 Å². The molecule has 3 heterocycles. The average Bonchev–Trinajstić information content (AvgIpc) is 3.22. The molecule has 1 aromatic carbocycles. The fourth-order valence-electron chi connectivity index (χ4n) is 3.32. The minimum absolute atomic E-state index is 0.123. The van der Waals surface area contributed by atoms with Crippen molar-refractivity contribution in [1.82, 2.24) is 20.1 Å². The first kappa shape index (κ1) is 17.0. The number of para-hydroxylation sites is 2. The Morgan fingerprint density at radius 3 is 2.69 bits per heavy atom. The summed E-state index contributed by atoms with van der Waals surface area (Å²) in [6.45, 7) is 7.12. The van der Waals surface area contributed by atoms with Gasteiger partial charge < -0.3 is 14.2 Å². The van der Waals surface area contributed by atoms with Gasteiger partial charge in [-0.15, -0.1) is 0 Å². The molecule has 0 atom stereocenters. The van der Waals surface area contributed by atoms with E-state index < -0.39 is 0 Å². The minimum atomic E-state index is 0.123. The quantitative estimate of drug-likeness (QED) is 0.711. The van der Waals surface area contributed by atoms with Crippen molar-refractivity contribution < 1.29 is 9.21 Å². The van der Waals surface area contributed by atoms with E-state index in [-0.39, 0.29) is 5.91 Å². The van der Waals surface area contributed by atoms with Crippen LogP contribution in [-0.2, 0) is 4.79 Å². The van der Waals surface area contributed by atoms with Gasteiger partial charge in [0.15, 0.2) is 5.58 Å². The monoisotopic (exact) mass is 371 g/mol. The van der Waals surface area contributed by atoms with Crippen molar-refractivity contribution in [2.24, 2.45) is 0 Å². The lowest BCUT2D eigenvalue weighted by Gasteiger charge is -2.36. The number of nitrogens with one attached hydrogen (secondary N) is 1. The first-order chi connectivity index (χ1) is 12.6. The molecule has 1 aliphatic heterocycles. The molecule has 136 valence electrons. The zero-order valence-electron chi connectivity index (χ0n) is 14.9. The van der Waals surface area contributed by atoms with Crippen LogP contribution in [0.15, 0.2) is 33.9 Å². The first-order valence-electron chi connectivity index (χ1n) is 8.64. The van der Waals surface area contributed by atoms with Crippen LogP contribution in [0.2, 0.25) is 0 Å². The Hall–Kier alpha value is -2.48. The summed E-state index contributed by atoms with van der Waals surface area (Å²) < 4.78 is 5.66. The summed E-state index contributed by atoms with van der Waals surface area (Å²) in [4.78, 5) is 21.1. The van der Waals surface area contributed by atoms with Gasteiger partial charge in [0.2, 0.25) is 5.91 Å². The number of hydrogen-bond acceptors (Lipinski definition) is 6. The Bertz CT molecular complexity index is 874. The zero-order chi connectivity index (χ0) is 18.1. The van der Waals surface area contributed by atoms with Gasteiger partial charge in [0.1, 0.15) is 5.52 Å². The molecular formula is C18H21N5O2S. The predicted molar refractivity (Wildman–Crippen MR) is 102 cm³/mol. The molecule has 3 aromatic rings. The van der Waals surface area contributed by atoms with Crippen LogP contribution < -0.4 is 4.90 Å². The van der Waals surface area contributed by atoms with E-state index in [4.69, 9.17) is 4.42 Å². The van der Waals surface area contributed by atoms with Crippen molar-refractivity contribution in [3.8, 4) is 0 Å². The number of piperazine rings is 1. The van der Waals surface area contributed by atoms with Crippen LogP contribution in [0.3, 0.4) is 0 Å². The van der Waals surface area contributed by atoms with Crippen LogP contribution in [0.25, 0.3) is 11.1 Å². The number of aryl methyl sites for hydroxylation is 2. The number of anilines is 1. The second-order valence-electron chi connectivity index (χ2n) is 6.39. The third kappa shape index (κ3) is 3.29. The Balaban J connectivity index is 1.32. The van der Waals surface area contributed by atoms with Gasteiger partial charge >= 0.3 is 0 Å². The Morgan fingerprint density at radius 1 is 1.23 bits per heavy atom. The lowest BCUT2D eigenvalue weighted by atomic mass is 10.2. The number of carbonyl (C=O) groups is 1. The van der Waals surface area contributed by atoms with Crippen LogP contribution in [0.5, 0.6) is 0 Å². The van der Waals surface area contributed by atoms with E-state index in [1.807, 2.05) is 43.0 Å². The smallest absolute Gasteiger partial charge is 0.257 e. The summed E-state index contributed by atoms with van der Waals surface area (Å²) in [6.07, 6.45) is 0. The number of thioether (sulfide) groups is 1. The van der Waals surface area contributed by atoms with E-state index in [2.05, 4.69) is 20.1 Å². The highest BCUT2D eigenvalue weighted by Crippen LogP contribution is 2.25. The fourth-order valence-corrected chi connectivity index (χ4v) is 4.06. The molecule has 1 saturated heterocycles. The SMILES string of the molecule is Cc1n[nH]c(C)c1N1CCN(C(=O)CSc2nc3ccccc3o2)CC1. The van der Waals surface area contributed by atoms with E-state index in [1.165, 1.54) is 11.8 Å². The van der Waals surface area contributed by atoms with E-state index in [0.717, 1.165) is 54.4 Å². The van der Waals surface area contributed by atoms with Crippen molar-refractivity contribution in [1.29, 1.82) is 0 Å². The van der Waals surface area contributed by atoms with Gasteiger partial charge in [-0.25, -0.2) is 4.98 Å². The maximum Gasteiger partial charge on any atom is 0.257 e. The van der Waals surface area contributed by atoms with E-state index >= 15 is 0 Å². The molecular weight excluding hydrogens is 350 g/mol. The summed E-state index contributed by atoms with van der Waals surface area (Å²) in [5, 5.41) is 7.83. The minimum Gasteiger partial charge on any atom is -0.431 e. The Morgan fingerprint density at radius 2 is 2.00 bits per heavy atom. The second kappa shape index (κ2) is 7.03. The van der Waals surface area contributed by atoms with Gasteiger partial charge in [-0.05, 0) is 26.0 Å². The van der Waals surface area contributed by atoms with Crippen molar-refractivity contribution >= 4 is 34.5 Å². The summed E-state index contributed by atoms with van der Waals surface area (Å²) in [7, 11) is 0. The standard InChI is InChI=1S/C18H21N5O2S/c1-12-17(13(2)21-20-12)23-9-7-22(8-10-23)16(24)11-26-18-19-14-5-3-4-6-15(14)25-18/h3-6H,7-11H2,1-2H3,(H,20,21). The molecule has 0 spiro atoms. The Labute approximate surface area is 155 Å². The lowest BCUT2D eigenvalue weighted by Crippen LogP contribution is -2.49. The summed E-state index contributed by atoms with van der Waals surface area (Å²) in [6, 6.07) is 7.63. The number of H-pyrrole nitrogens is 1. The number of fused-ring (bicyclic) bond motifs is 1. The third-order valence-corrected chi connectivity index (χ3v) is 5.44. The fraction of sp³-hybridized carbons (Fsp3) is 0.389. The predicted octanol–water partition coefficient (Wildman–Crippen LogP) is 2.61. The molecule has 1 N–H and O–H groups in total. The molecule has 8 heteroatoms. The number of aromatic amines is 1. The average molecular weight is 371 g/mol. The first-order valence-corrected chi connectivity index (χ1v) is 9.63. The maximum atomic E-state index is 12.5. The van der Waals surface area contributed by atoms with Gasteiger partial charge in [0.25, 0.3) is 5.22 Å². The molecule has 0 aliphatic carbocycles. The normalized spacial score (nSPS) is 15.0. The highest BCUT2D eigenvalue weighted by molar-refractivity contribution is 7.99. The van der Waals surface area contributed by atoms with Gasteiger partial charge in [-0.2, -0.15) is 5.10 Å². The number of nitrogens with zero attached hydrogens (tertiary/aromatic N) is 4. The summed E-state index contributed by atoms with van der Waals surface area (Å²) in [5.74, 6) is 0.467. The molecule has 1 aliphatic rings. The number of benzene rings is 1. The topological polar surface area (TPSA) is 78.3 Å². The molecule has 1 fully saturated rings. The highest BCUT2D eigenvalue weighted by Gasteiger charge is 2.24. The number of carbonyl (C=O) groups excluding carboxylic acids is 1. The molecule has 0 radical (unpaired) electrons. The largest absolute Gasteiger partial charge is 0.431 e. The van der Waals surface area contributed by atoms with Crippen molar-refractivity contribution in [3.63, 3.8) is 0 Å². The highest BCUT2D eigenvalue weighted by atomic mass is 32.2. The zero-order valence-corrected chi connectivity index (χ0v) is 15.7. The van der Waals surface area contributed by atoms with Crippen LogP contribution in [-0.4, -0.2) is 57.9 Å². The number of oxazole rings is 1. The molecule has 0 saturated carbocycles. The van der Waals surface area contributed by atoms with Gasteiger partial charge in [-0.1, -0.05) is 23.9 Å². The summed E-state index contributed by atoms with van der Waals surface area (Å²) in [5.41, 5.74) is 4.82. The Kier molecular flexibility index (Phi) is 4.58. The molecule has 7 nitrogen and oxygen atoms in total.